The Labute approximate surface area is 99.1 Å². The lowest BCUT2D eigenvalue weighted by Crippen LogP contribution is -2.52. The maximum absolute atomic E-state index is 10.8. The molecule has 3 N–H and O–H groups in total. The zero-order valence-electron chi connectivity index (χ0n) is 9.18. The third-order valence-corrected chi connectivity index (χ3v) is 2.94. The monoisotopic (exact) mass is 231 g/mol. The summed E-state index contributed by atoms with van der Waals surface area (Å²) in [6, 6.07) is 8.90. The van der Waals surface area contributed by atoms with Gasteiger partial charge in [-0.1, -0.05) is 12.1 Å². The zero-order chi connectivity index (χ0) is 12.3. The molecule has 1 amide bonds. The first-order valence-corrected chi connectivity index (χ1v) is 5.43. The number of amides is 1. The Kier molecular flexibility index (Phi) is 3.26. The van der Waals surface area contributed by atoms with E-state index in [1.165, 1.54) is 0 Å². The number of benzene rings is 1. The average molecular weight is 231 g/mol. The second kappa shape index (κ2) is 4.85. The van der Waals surface area contributed by atoms with Crippen LogP contribution in [0.15, 0.2) is 24.3 Å². The molecule has 88 valence electrons. The second-order valence-corrected chi connectivity index (χ2v) is 4.01. The number of hydrogen-bond donors (Lipinski definition) is 3. The molecule has 0 radical (unpaired) electrons. The standard InChI is InChI=1S/C12H13N3O2/c13-7-8-1-3-9(4-2-8)11(15-12(16)17)10-5-6-14-10/h1-4,10-11,14-15H,5-6H2,(H,16,17)/t10-,11?/m0/s1. The minimum Gasteiger partial charge on any atom is -0.465 e. The summed E-state index contributed by atoms with van der Waals surface area (Å²) in [5.41, 5.74) is 1.45. The first-order valence-electron chi connectivity index (χ1n) is 5.43. The van der Waals surface area contributed by atoms with Crippen molar-refractivity contribution in [2.45, 2.75) is 18.5 Å². The Bertz CT molecular complexity index is 446. The average Bonchev–Trinajstić information content (AvgIpc) is 2.25. The van der Waals surface area contributed by atoms with Crippen LogP contribution in [0.1, 0.15) is 23.6 Å². The number of hydrogen-bond acceptors (Lipinski definition) is 3. The lowest BCUT2D eigenvalue weighted by molar-refractivity contribution is 0.180. The Balaban J connectivity index is 2.18. The molecule has 1 aliphatic rings. The van der Waals surface area contributed by atoms with Gasteiger partial charge in [-0.15, -0.1) is 0 Å². The highest BCUT2D eigenvalue weighted by atomic mass is 16.4. The molecule has 1 heterocycles. The van der Waals surface area contributed by atoms with Crippen LogP contribution in [-0.2, 0) is 0 Å². The van der Waals surface area contributed by atoms with Crippen molar-refractivity contribution < 1.29 is 9.90 Å². The molecule has 0 bridgehead atoms. The summed E-state index contributed by atoms with van der Waals surface area (Å²) in [7, 11) is 0. The largest absolute Gasteiger partial charge is 0.465 e. The molecular formula is C12H13N3O2. The van der Waals surface area contributed by atoms with Crippen molar-refractivity contribution in [2.24, 2.45) is 0 Å². The third kappa shape index (κ3) is 2.55. The van der Waals surface area contributed by atoms with Crippen LogP contribution in [0.3, 0.4) is 0 Å². The van der Waals surface area contributed by atoms with Gasteiger partial charge >= 0.3 is 6.09 Å². The van der Waals surface area contributed by atoms with E-state index in [0.717, 1.165) is 18.5 Å². The molecule has 1 fully saturated rings. The summed E-state index contributed by atoms with van der Waals surface area (Å²) < 4.78 is 0. The lowest BCUT2D eigenvalue weighted by Gasteiger charge is -2.35. The summed E-state index contributed by atoms with van der Waals surface area (Å²) in [5.74, 6) is 0. The van der Waals surface area contributed by atoms with Gasteiger partial charge in [0.25, 0.3) is 0 Å². The van der Waals surface area contributed by atoms with Crippen LogP contribution in [-0.4, -0.2) is 23.8 Å². The van der Waals surface area contributed by atoms with Gasteiger partial charge in [0.2, 0.25) is 0 Å². The van der Waals surface area contributed by atoms with Gasteiger partial charge in [0.05, 0.1) is 17.7 Å². The third-order valence-electron chi connectivity index (χ3n) is 2.94. The molecule has 0 saturated carbocycles. The molecule has 2 rings (SSSR count). The van der Waals surface area contributed by atoms with Gasteiger partial charge < -0.3 is 15.7 Å². The minimum atomic E-state index is -1.03. The van der Waals surface area contributed by atoms with Crippen LogP contribution in [0.4, 0.5) is 4.79 Å². The van der Waals surface area contributed by atoms with E-state index in [0.29, 0.717) is 5.56 Å². The molecule has 5 nitrogen and oxygen atoms in total. The number of rotatable bonds is 3. The van der Waals surface area contributed by atoms with Crippen molar-refractivity contribution in [1.29, 1.82) is 5.26 Å². The first-order chi connectivity index (χ1) is 8.20. The highest BCUT2D eigenvalue weighted by Gasteiger charge is 2.29. The molecule has 1 aliphatic heterocycles. The van der Waals surface area contributed by atoms with Crippen LogP contribution >= 0.6 is 0 Å². The fraction of sp³-hybridized carbons (Fsp3) is 0.333. The maximum atomic E-state index is 10.8. The lowest BCUT2D eigenvalue weighted by atomic mass is 9.92. The maximum Gasteiger partial charge on any atom is 0.405 e. The zero-order valence-corrected chi connectivity index (χ0v) is 9.18. The molecule has 1 saturated heterocycles. The van der Waals surface area contributed by atoms with E-state index >= 15 is 0 Å². The Morgan fingerprint density at radius 2 is 2.18 bits per heavy atom. The second-order valence-electron chi connectivity index (χ2n) is 4.01. The van der Waals surface area contributed by atoms with Crippen LogP contribution in [0, 0.1) is 11.3 Å². The summed E-state index contributed by atoms with van der Waals surface area (Å²) in [6.45, 7) is 0.915. The van der Waals surface area contributed by atoms with Gasteiger partial charge in [0.1, 0.15) is 0 Å². The Morgan fingerprint density at radius 3 is 2.59 bits per heavy atom. The van der Waals surface area contributed by atoms with Crippen LogP contribution in [0.2, 0.25) is 0 Å². The molecule has 0 aliphatic carbocycles. The van der Waals surface area contributed by atoms with Gasteiger partial charge in [-0.2, -0.15) is 5.26 Å². The van der Waals surface area contributed by atoms with Gasteiger partial charge in [-0.3, -0.25) is 0 Å². The van der Waals surface area contributed by atoms with Gasteiger partial charge in [-0.05, 0) is 30.7 Å². The first kappa shape index (κ1) is 11.4. The molecule has 17 heavy (non-hydrogen) atoms. The molecule has 1 aromatic carbocycles. The highest BCUT2D eigenvalue weighted by Crippen LogP contribution is 2.23. The highest BCUT2D eigenvalue weighted by molar-refractivity contribution is 5.65. The van der Waals surface area contributed by atoms with E-state index in [2.05, 4.69) is 10.6 Å². The van der Waals surface area contributed by atoms with Crippen LogP contribution < -0.4 is 10.6 Å². The van der Waals surface area contributed by atoms with E-state index in [9.17, 15) is 4.79 Å². The van der Waals surface area contributed by atoms with Crippen molar-refractivity contribution in [1.82, 2.24) is 10.6 Å². The van der Waals surface area contributed by atoms with E-state index in [1.807, 2.05) is 6.07 Å². The number of nitrogens with zero attached hydrogens (tertiary/aromatic N) is 1. The fourth-order valence-corrected chi connectivity index (χ4v) is 1.91. The topological polar surface area (TPSA) is 85.2 Å². The Hall–Kier alpha value is -2.06. The number of carbonyl (C=O) groups is 1. The van der Waals surface area contributed by atoms with E-state index < -0.39 is 6.09 Å². The summed E-state index contributed by atoms with van der Waals surface area (Å²) in [6.07, 6.45) is -0.0849. The SMILES string of the molecule is N#Cc1ccc(C(NC(=O)O)[C@@H]2CCN2)cc1. The van der Waals surface area contributed by atoms with E-state index in [1.54, 1.807) is 24.3 Å². The van der Waals surface area contributed by atoms with Gasteiger partial charge in [0, 0.05) is 6.04 Å². The fourth-order valence-electron chi connectivity index (χ4n) is 1.91. The molecular weight excluding hydrogens is 218 g/mol. The summed E-state index contributed by atoms with van der Waals surface area (Å²) in [4.78, 5) is 10.8. The van der Waals surface area contributed by atoms with Crippen molar-refractivity contribution in [3.05, 3.63) is 35.4 Å². The molecule has 0 aromatic heterocycles. The predicted molar refractivity (Wildman–Crippen MR) is 61.5 cm³/mol. The number of nitrogens with one attached hydrogen (secondary N) is 2. The van der Waals surface area contributed by atoms with Crippen molar-refractivity contribution in [2.75, 3.05) is 6.54 Å². The molecule has 1 aromatic rings. The molecule has 0 spiro atoms. The Morgan fingerprint density at radius 1 is 1.53 bits per heavy atom. The molecule has 2 atom stereocenters. The van der Waals surface area contributed by atoms with Crippen molar-refractivity contribution in [3.63, 3.8) is 0 Å². The minimum absolute atomic E-state index is 0.138. The predicted octanol–water partition coefficient (Wildman–Crippen LogP) is 1.23. The van der Waals surface area contributed by atoms with Crippen molar-refractivity contribution in [3.8, 4) is 6.07 Å². The summed E-state index contributed by atoms with van der Waals surface area (Å²) in [5, 5.41) is 23.2. The molecule has 5 heteroatoms. The van der Waals surface area contributed by atoms with Gasteiger partial charge in [0.15, 0.2) is 0 Å². The van der Waals surface area contributed by atoms with Gasteiger partial charge in [-0.25, -0.2) is 4.79 Å². The number of nitriles is 1. The summed E-state index contributed by atoms with van der Waals surface area (Å²) >= 11 is 0. The number of carboxylic acid groups (broad SMARTS) is 1. The van der Waals surface area contributed by atoms with Crippen LogP contribution in [0.5, 0.6) is 0 Å². The molecule has 1 unspecified atom stereocenters. The van der Waals surface area contributed by atoms with E-state index in [-0.39, 0.29) is 12.1 Å². The van der Waals surface area contributed by atoms with Crippen molar-refractivity contribution >= 4 is 6.09 Å². The quantitative estimate of drug-likeness (QED) is 0.730. The van der Waals surface area contributed by atoms with Crippen LogP contribution in [0.25, 0.3) is 0 Å². The smallest absolute Gasteiger partial charge is 0.405 e. The van der Waals surface area contributed by atoms with E-state index in [4.69, 9.17) is 10.4 Å². The normalized spacial score (nSPS) is 19.8.